The van der Waals surface area contributed by atoms with Gasteiger partial charge in [0.05, 0.1) is 11.0 Å². The minimum atomic E-state index is -0.692. The van der Waals surface area contributed by atoms with Gasteiger partial charge in [0, 0.05) is 5.69 Å². The fourth-order valence-electron chi connectivity index (χ4n) is 2.41. The van der Waals surface area contributed by atoms with Crippen LogP contribution in [0.1, 0.15) is 12.7 Å². The second-order valence-corrected chi connectivity index (χ2v) is 5.17. The summed E-state index contributed by atoms with van der Waals surface area (Å²) in [5, 5.41) is 9.56. The SMILES string of the molecule is CC(Oc1ccc(-n2c(CO)nc3ccccc32)cc1)C(N)=O. The van der Waals surface area contributed by atoms with Crippen LogP contribution in [0.3, 0.4) is 0 Å². The Hall–Kier alpha value is -2.86. The number of amides is 1. The maximum Gasteiger partial charge on any atom is 0.258 e. The van der Waals surface area contributed by atoms with E-state index in [1.54, 1.807) is 19.1 Å². The van der Waals surface area contributed by atoms with Crippen molar-refractivity contribution in [2.45, 2.75) is 19.6 Å². The number of aromatic nitrogens is 2. The predicted molar refractivity (Wildman–Crippen MR) is 86.3 cm³/mol. The minimum absolute atomic E-state index is 0.161. The molecule has 6 nitrogen and oxygen atoms in total. The van der Waals surface area contributed by atoms with Crippen molar-refractivity contribution in [2.24, 2.45) is 5.73 Å². The molecule has 0 saturated carbocycles. The maximum absolute atomic E-state index is 11.0. The Labute approximate surface area is 133 Å². The Balaban J connectivity index is 1.98. The minimum Gasteiger partial charge on any atom is -0.481 e. The van der Waals surface area contributed by atoms with Gasteiger partial charge in [-0.15, -0.1) is 0 Å². The molecule has 0 aliphatic heterocycles. The fourth-order valence-corrected chi connectivity index (χ4v) is 2.41. The highest BCUT2D eigenvalue weighted by molar-refractivity contribution is 5.79. The van der Waals surface area contributed by atoms with Gasteiger partial charge in [-0.3, -0.25) is 9.36 Å². The topological polar surface area (TPSA) is 90.4 Å². The second-order valence-electron chi connectivity index (χ2n) is 5.17. The number of benzene rings is 2. The summed E-state index contributed by atoms with van der Waals surface area (Å²) in [4.78, 5) is 15.5. The van der Waals surface area contributed by atoms with E-state index < -0.39 is 12.0 Å². The van der Waals surface area contributed by atoms with E-state index in [0.717, 1.165) is 16.7 Å². The number of carbonyl (C=O) groups is 1. The molecule has 3 rings (SSSR count). The number of rotatable bonds is 5. The zero-order valence-corrected chi connectivity index (χ0v) is 12.6. The zero-order chi connectivity index (χ0) is 16.4. The van der Waals surface area contributed by atoms with Crippen LogP contribution in [0.2, 0.25) is 0 Å². The molecule has 1 unspecified atom stereocenters. The van der Waals surface area contributed by atoms with Gasteiger partial charge in [0.1, 0.15) is 18.2 Å². The molecule has 1 aromatic heterocycles. The van der Waals surface area contributed by atoms with E-state index >= 15 is 0 Å². The van der Waals surface area contributed by atoms with Crippen LogP contribution in [0.15, 0.2) is 48.5 Å². The number of nitrogens with zero attached hydrogens (tertiary/aromatic N) is 2. The lowest BCUT2D eigenvalue weighted by molar-refractivity contribution is -0.123. The lowest BCUT2D eigenvalue weighted by atomic mass is 10.2. The van der Waals surface area contributed by atoms with Crippen molar-refractivity contribution < 1.29 is 14.6 Å². The monoisotopic (exact) mass is 311 g/mol. The van der Waals surface area contributed by atoms with Gasteiger partial charge >= 0.3 is 0 Å². The van der Waals surface area contributed by atoms with Crippen LogP contribution < -0.4 is 10.5 Å². The Kier molecular flexibility index (Phi) is 3.99. The van der Waals surface area contributed by atoms with Crippen molar-refractivity contribution in [1.29, 1.82) is 0 Å². The summed E-state index contributed by atoms with van der Waals surface area (Å²) >= 11 is 0. The number of imidazole rings is 1. The van der Waals surface area contributed by atoms with Gasteiger partial charge in [-0.25, -0.2) is 4.98 Å². The van der Waals surface area contributed by atoms with Gasteiger partial charge in [0.25, 0.3) is 5.91 Å². The first-order chi connectivity index (χ1) is 11.1. The number of aliphatic hydroxyl groups excluding tert-OH is 1. The van der Waals surface area contributed by atoms with Gasteiger partial charge in [-0.05, 0) is 43.3 Å². The first-order valence-corrected chi connectivity index (χ1v) is 7.24. The standard InChI is InChI=1S/C17H17N3O3/c1-11(17(18)22)23-13-8-6-12(7-9-13)20-15-5-3-2-4-14(15)19-16(20)10-21/h2-9,11,21H,10H2,1H3,(H2,18,22). The summed E-state index contributed by atoms with van der Waals surface area (Å²) in [5.41, 5.74) is 7.77. The number of primary amides is 1. The average Bonchev–Trinajstić information content (AvgIpc) is 2.94. The maximum atomic E-state index is 11.0. The summed E-state index contributed by atoms with van der Waals surface area (Å²) in [6, 6.07) is 14.9. The first kappa shape index (κ1) is 15.1. The van der Waals surface area contributed by atoms with E-state index in [-0.39, 0.29) is 6.61 Å². The van der Waals surface area contributed by atoms with Crippen LogP contribution in [0.25, 0.3) is 16.7 Å². The third-order valence-corrected chi connectivity index (χ3v) is 3.58. The molecule has 2 aromatic carbocycles. The van der Waals surface area contributed by atoms with E-state index in [1.807, 2.05) is 41.0 Å². The number of para-hydroxylation sites is 2. The highest BCUT2D eigenvalue weighted by atomic mass is 16.5. The molecular formula is C17H17N3O3. The molecule has 6 heteroatoms. The van der Waals surface area contributed by atoms with Crippen molar-refractivity contribution in [1.82, 2.24) is 9.55 Å². The van der Waals surface area contributed by atoms with Gasteiger partial charge < -0.3 is 15.6 Å². The Morgan fingerprint density at radius 3 is 2.61 bits per heavy atom. The molecule has 0 fully saturated rings. The Bertz CT molecular complexity index is 840. The van der Waals surface area contributed by atoms with E-state index in [4.69, 9.17) is 10.5 Å². The number of aliphatic hydroxyl groups is 1. The zero-order valence-electron chi connectivity index (χ0n) is 12.6. The first-order valence-electron chi connectivity index (χ1n) is 7.24. The molecule has 1 heterocycles. The quantitative estimate of drug-likeness (QED) is 0.751. The number of carbonyl (C=O) groups excluding carboxylic acids is 1. The lowest BCUT2D eigenvalue weighted by Crippen LogP contribution is -2.30. The molecule has 0 bridgehead atoms. The smallest absolute Gasteiger partial charge is 0.258 e. The van der Waals surface area contributed by atoms with E-state index in [1.165, 1.54) is 0 Å². The van der Waals surface area contributed by atoms with Crippen molar-refractivity contribution >= 4 is 16.9 Å². The van der Waals surface area contributed by atoms with Crippen LogP contribution in [-0.4, -0.2) is 26.7 Å². The van der Waals surface area contributed by atoms with Crippen molar-refractivity contribution in [2.75, 3.05) is 0 Å². The number of ether oxygens (including phenoxy) is 1. The molecule has 0 aliphatic carbocycles. The van der Waals surface area contributed by atoms with E-state index in [0.29, 0.717) is 11.6 Å². The molecule has 0 radical (unpaired) electrons. The highest BCUT2D eigenvalue weighted by Gasteiger charge is 2.13. The summed E-state index contributed by atoms with van der Waals surface area (Å²) in [7, 11) is 0. The molecule has 118 valence electrons. The Morgan fingerprint density at radius 1 is 1.26 bits per heavy atom. The summed E-state index contributed by atoms with van der Waals surface area (Å²) in [5.74, 6) is 0.595. The summed E-state index contributed by atoms with van der Waals surface area (Å²) in [6.07, 6.45) is -0.692. The average molecular weight is 311 g/mol. The number of hydrogen-bond donors (Lipinski definition) is 2. The fraction of sp³-hybridized carbons (Fsp3) is 0.176. The van der Waals surface area contributed by atoms with Crippen molar-refractivity contribution in [3.63, 3.8) is 0 Å². The largest absolute Gasteiger partial charge is 0.481 e. The van der Waals surface area contributed by atoms with Crippen LogP contribution in [0.5, 0.6) is 5.75 Å². The summed E-state index contributed by atoms with van der Waals surface area (Å²) in [6.45, 7) is 1.44. The predicted octanol–water partition coefficient (Wildman–Crippen LogP) is 1.77. The summed E-state index contributed by atoms with van der Waals surface area (Å²) < 4.78 is 7.33. The number of fused-ring (bicyclic) bond motifs is 1. The third-order valence-electron chi connectivity index (χ3n) is 3.58. The molecule has 0 saturated heterocycles. The lowest BCUT2D eigenvalue weighted by Gasteiger charge is -2.13. The highest BCUT2D eigenvalue weighted by Crippen LogP contribution is 2.23. The van der Waals surface area contributed by atoms with Crippen LogP contribution in [0.4, 0.5) is 0 Å². The second kappa shape index (κ2) is 6.10. The van der Waals surface area contributed by atoms with Crippen molar-refractivity contribution in [3.05, 3.63) is 54.4 Å². The molecule has 3 aromatic rings. The van der Waals surface area contributed by atoms with Crippen LogP contribution in [-0.2, 0) is 11.4 Å². The molecule has 1 atom stereocenters. The molecular weight excluding hydrogens is 294 g/mol. The van der Waals surface area contributed by atoms with E-state index in [2.05, 4.69) is 4.98 Å². The van der Waals surface area contributed by atoms with Gasteiger partial charge in [0.2, 0.25) is 0 Å². The Morgan fingerprint density at radius 2 is 1.96 bits per heavy atom. The van der Waals surface area contributed by atoms with E-state index in [9.17, 15) is 9.90 Å². The molecule has 0 spiro atoms. The third kappa shape index (κ3) is 2.89. The normalized spacial score (nSPS) is 12.3. The molecule has 0 aliphatic rings. The number of nitrogens with two attached hydrogens (primary N) is 1. The van der Waals surface area contributed by atoms with Crippen molar-refractivity contribution in [3.8, 4) is 11.4 Å². The number of hydrogen-bond acceptors (Lipinski definition) is 4. The molecule has 3 N–H and O–H groups in total. The van der Waals surface area contributed by atoms with Gasteiger partial charge in [-0.1, -0.05) is 12.1 Å². The van der Waals surface area contributed by atoms with Gasteiger partial charge in [-0.2, -0.15) is 0 Å². The van der Waals surface area contributed by atoms with Gasteiger partial charge in [0.15, 0.2) is 6.10 Å². The van der Waals surface area contributed by atoms with Crippen LogP contribution in [0, 0.1) is 0 Å². The molecule has 1 amide bonds. The molecule has 23 heavy (non-hydrogen) atoms. The van der Waals surface area contributed by atoms with Crippen LogP contribution >= 0.6 is 0 Å².